The number of carbonyl (C=O) groups excluding carboxylic acids is 2. The Morgan fingerprint density at radius 3 is 1.87 bits per heavy atom. The Balaban J connectivity index is 1.44. The van der Waals surface area contributed by atoms with Gasteiger partial charge in [0.2, 0.25) is 5.91 Å². The number of para-hydroxylation sites is 2. The second-order valence-corrected chi connectivity index (χ2v) is 7.18. The van der Waals surface area contributed by atoms with Crippen molar-refractivity contribution >= 4 is 11.8 Å². The summed E-state index contributed by atoms with van der Waals surface area (Å²) in [7, 11) is 0. The SMILES string of the molecule is CCOc1ccc(CC(=O)N2CCN(C(=O)COc3ccccc3OCC)CC2)cc1. The summed E-state index contributed by atoms with van der Waals surface area (Å²) < 4.78 is 16.6. The van der Waals surface area contributed by atoms with Crippen LogP contribution in [-0.2, 0) is 16.0 Å². The first-order valence-corrected chi connectivity index (χ1v) is 10.7. The van der Waals surface area contributed by atoms with E-state index >= 15 is 0 Å². The molecule has 0 aromatic heterocycles. The molecule has 0 spiro atoms. The number of amides is 2. The number of hydrogen-bond acceptors (Lipinski definition) is 5. The van der Waals surface area contributed by atoms with E-state index in [9.17, 15) is 9.59 Å². The lowest BCUT2D eigenvalue weighted by Gasteiger charge is -2.34. The van der Waals surface area contributed by atoms with Gasteiger partial charge in [0.15, 0.2) is 18.1 Å². The average molecular weight is 427 g/mol. The first-order chi connectivity index (χ1) is 15.1. The van der Waals surface area contributed by atoms with E-state index in [1.54, 1.807) is 11.0 Å². The average Bonchev–Trinajstić information content (AvgIpc) is 2.80. The lowest BCUT2D eigenvalue weighted by Crippen LogP contribution is -2.52. The van der Waals surface area contributed by atoms with Gasteiger partial charge in [0.05, 0.1) is 19.6 Å². The van der Waals surface area contributed by atoms with Crippen LogP contribution in [0.3, 0.4) is 0 Å². The van der Waals surface area contributed by atoms with Gasteiger partial charge in [0.1, 0.15) is 5.75 Å². The standard InChI is InChI=1S/C24H30N2O5/c1-3-29-20-11-9-19(10-12-20)17-23(27)25-13-15-26(16-14-25)24(28)18-31-22-8-6-5-7-21(22)30-4-2/h5-12H,3-4,13-18H2,1-2H3. The van der Waals surface area contributed by atoms with Crippen LogP contribution in [0.1, 0.15) is 19.4 Å². The molecule has 0 atom stereocenters. The maximum absolute atomic E-state index is 12.6. The molecule has 0 saturated carbocycles. The minimum absolute atomic E-state index is 0.0514. The summed E-state index contributed by atoms with van der Waals surface area (Å²) in [5.74, 6) is 1.96. The van der Waals surface area contributed by atoms with Crippen molar-refractivity contribution in [3.8, 4) is 17.2 Å². The third kappa shape index (κ3) is 6.38. The zero-order valence-corrected chi connectivity index (χ0v) is 18.2. The highest BCUT2D eigenvalue weighted by atomic mass is 16.5. The monoisotopic (exact) mass is 426 g/mol. The van der Waals surface area contributed by atoms with Crippen molar-refractivity contribution in [2.45, 2.75) is 20.3 Å². The van der Waals surface area contributed by atoms with Gasteiger partial charge in [-0.25, -0.2) is 0 Å². The van der Waals surface area contributed by atoms with Crippen molar-refractivity contribution < 1.29 is 23.8 Å². The highest BCUT2D eigenvalue weighted by Crippen LogP contribution is 2.26. The predicted molar refractivity (Wildman–Crippen MR) is 118 cm³/mol. The molecule has 1 aliphatic heterocycles. The number of piperazine rings is 1. The van der Waals surface area contributed by atoms with Gasteiger partial charge >= 0.3 is 0 Å². The van der Waals surface area contributed by atoms with Gasteiger partial charge in [-0.3, -0.25) is 9.59 Å². The molecule has 7 nitrogen and oxygen atoms in total. The summed E-state index contributed by atoms with van der Waals surface area (Å²) in [6.07, 6.45) is 0.345. The molecule has 1 fully saturated rings. The van der Waals surface area contributed by atoms with Gasteiger partial charge in [-0.15, -0.1) is 0 Å². The Kier molecular flexibility index (Phi) is 8.15. The fourth-order valence-corrected chi connectivity index (χ4v) is 3.44. The molecule has 166 valence electrons. The van der Waals surface area contributed by atoms with E-state index in [0.29, 0.717) is 57.3 Å². The third-order valence-corrected chi connectivity index (χ3v) is 5.07. The van der Waals surface area contributed by atoms with E-state index in [-0.39, 0.29) is 18.4 Å². The van der Waals surface area contributed by atoms with Crippen molar-refractivity contribution in [3.05, 3.63) is 54.1 Å². The fourth-order valence-electron chi connectivity index (χ4n) is 3.44. The number of rotatable bonds is 9. The van der Waals surface area contributed by atoms with Crippen LogP contribution in [0.25, 0.3) is 0 Å². The fraction of sp³-hybridized carbons (Fsp3) is 0.417. The summed E-state index contributed by atoms with van der Waals surface area (Å²) in [6.45, 7) is 6.99. The van der Waals surface area contributed by atoms with Crippen LogP contribution in [0, 0.1) is 0 Å². The highest BCUT2D eigenvalue weighted by Gasteiger charge is 2.24. The summed E-state index contributed by atoms with van der Waals surface area (Å²) in [4.78, 5) is 28.7. The van der Waals surface area contributed by atoms with Crippen molar-refractivity contribution in [1.82, 2.24) is 9.80 Å². The Bertz CT molecular complexity index is 861. The maximum Gasteiger partial charge on any atom is 0.260 e. The quantitative estimate of drug-likeness (QED) is 0.617. The van der Waals surface area contributed by atoms with Gasteiger partial charge in [0, 0.05) is 26.2 Å². The molecule has 0 unspecified atom stereocenters. The first kappa shape index (κ1) is 22.5. The highest BCUT2D eigenvalue weighted by molar-refractivity contribution is 5.80. The molecule has 0 N–H and O–H groups in total. The minimum atomic E-state index is -0.0927. The Morgan fingerprint density at radius 2 is 1.29 bits per heavy atom. The number of ether oxygens (including phenoxy) is 3. The predicted octanol–water partition coefficient (Wildman–Crippen LogP) is 2.78. The van der Waals surface area contributed by atoms with Crippen LogP contribution in [0.5, 0.6) is 17.2 Å². The molecule has 7 heteroatoms. The minimum Gasteiger partial charge on any atom is -0.494 e. The largest absolute Gasteiger partial charge is 0.494 e. The molecule has 0 aliphatic carbocycles. The van der Waals surface area contributed by atoms with E-state index in [1.165, 1.54) is 0 Å². The summed E-state index contributed by atoms with van der Waals surface area (Å²) in [5.41, 5.74) is 0.952. The van der Waals surface area contributed by atoms with E-state index in [2.05, 4.69) is 0 Å². The number of benzene rings is 2. The van der Waals surface area contributed by atoms with Crippen LogP contribution < -0.4 is 14.2 Å². The van der Waals surface area contributed by atoms with E-state index in [1.807, 2.05) is 61.2 Å². The molecule has 1 heterocycles. The smallest absolute Gasteiger partial charge is 0.260 e. The van der Waals surface area contributed by atoms with E-state index < -0.39 is 0 Å². The second-order valence-electron chi connectivity index (χ2n) is 7.18. The summed E-state index contributed by atoms with van der Waals surface area (Å²) >= 11 is 0. The zero-order valence-electron chi connectivity index (χ0n) is 18.2. The molecule has 0 bridgehead atoms. The van der Waals surface area contributed by atoms with Gasteiger partial charge in [-0.05, 0) is 43.7 Å². The molecule has 1 aliphatic rings. The molecule has 1 saturated heterocycles. The topological polar surface area (TPSA) is 68.3 Å². The molecule has 31 heavy (non-hydrogen) atoms. The van der Waals surface area contributed by atoms with E-state index in [4.69, 9.17) is 14.2 Å². The van der Waals surface area contributed by atoms with Crippen LogP contribution in [-0.4, -0.2) is 67.6 Å². The van der Waals surface area contributed by atoms with Crippen molar-refractivity contribution in [2.24, 2.45) is 0 Å². The first-order valence-electron chi connectivity index (χ1n) is 10.7. The zero-order chi connectivity index (χ0) is 22.1. The lowest BCUT2D eigenvalue weighted by atomic mass is 10.1. The normalized spacial score (nSPS) is 13.6. The van der Waals surface area contributed by atoms with Gasteiger partial charge < -0.3 is 24.0 Å². The molecule has 2 amide bonds. The Labute approximate surface area is 183 Å². The van der Waals surface area contributed by atoms with Crippen LogP contribution in [0.15, 0.2) is 48.5 Å². The molecular weight excluding hydrogens is 396 g/mol. The summed E-state index contributed by atoms with van der Waals surface area (Å²) in [6, 6.07) is 14.9. The molecular formula is C24H30N2O5. The molecule has 2 aromatic rings. The van der Waals surface area contributed by atoms with Crippen molar-refractivity contribution in [1.29, 1.82) is 0 Å². The molecule has 3 rings (SSSR count). The maximum atomic E-state index is 12.6. The van der Waals surface area contributed by atoms with Crippen molar-refractivity contribution in [2.75, 3.05) is 46.0 Å². The van der Waals surface area contributed by atoms with Crippen molar-refractivity contribution in [3.63, 3.8) is 0 Å². The second kappa shape index (κ2) is 11.2. The van der Waals surface area contributed by atoms with Gasteiger partial charge in [0.25, 0.3) is 5.91 Å². The lowest BCUT2D eigenvalue weighted by molar-refractivity contribution is -0.140. The van der Waals surface area contributed by atoms with E-state index in [0.717, 1.165) is 11.3 Å². The third-order valence-electron chi connectivity index (χ3n) is 5.07. The van der Waals surface area contributed by atoms with Gasteiger partial charge in [-0.2, -0.15) is 0 Å². The van der Waals surface area contributed by atoms with Crippen LogP contribution >= 0.6 is 0 Å². The van der Waals surface area contributed by atoms with Crippen LogP contribution in [0.4, 0.5) is 0 Å². The summed E-state index contributed by atoms with van der Waals surface area (Å²) in [5, 5.41) is 0. The van der Waals surface area contributed by atoms with Gasteiger partial charge in [-0.1, -0.05) is 24.3 Å². The molecule has 2 aromatic carbocycles. The Morgan fingerprint density at radius 1 is 0.742 bits per heavy atom. The molecule has 0 radical (unpaired) electrons. The van der Waals surface area contributed by atoms with Crippen LogP contribution in [0.2, 0.25) is 0 Å². The number of carbonyl (C=O) groups is 2. The Hall–Kier alpha value is -3.22. The number of hydrogen-bond donors (Lipinski definition) is 0. The number of nitrogens with zero attached hydrogens (tertiary/aromatic N) is 2.